The number of carbonyl (C=O) groups excluding carboxylic acids is 1. The maximum Gasteiger partial charge on any atom is 0.318 e. The van der Waals surface area contributed by atoms with E-state index in [1.807, 2.05) is 26.0 Å². The first-order valence-corrected chi connectivity index (χ1v) is 8.24. The number of rotatable bonds is 5. The van der Waals surface area contributed by atoms with E-state index in [1.54, 1.807) is 17.0 Å². The van der Waals surface area contributed by atoms with Crippen LogP contribution in [0.5, 0.6) is 0 Å². The topological polar surface area (TPSA) is 32.3 Å². The summed E-state index contributed by atoms with van der Waals surface area (Å²) in [6.45, 7) is 4.92. The molecule has 0 saturated carbocycles. The Morgan fingerprint density at radius 3 is 2.55 bits per heavy atom. The van der Waals surface area contributed by atoms with Crippen LogP contribution in [0.1, 0.15) is 30.3 Å². The molecule has 2 aromatic rings. The van der Waals surface area contributed by atoms with E-state index >= 15 is 0 Å². The van der Waals surface area contributed by atoms with Crippen molar-refractivity contribution in [1.82, 2.24) is 10.2 Å². The summed E-state index contributed by atoms with van der Waals surface area (Å²) in [4.78, 5) is 15.1. The first-order valence-electron chi connectivity index (χ1n) is 7.04. The Bertz CT molecular complexity index is 629. The third kappa shape index (κ3) is 4.45. The van der Waals surface area contributed by atoms with Gasteiger partial charge in [-0.3, -0.25) is 0 Å². The van der Waals surface area contributed by atoms with Crippen LogP contribution in [-0.2, 0) is 6.54 Å². The molecule has 1 N–H and O–H groups in total. The average molecular weight is 341 g/mol. The molecule has 1 unspecified atom stereocenters. The smallest absolute Gasteiger partial charge is 0.318 e. The van der Waals surface area contributed by atoms with Crippen LogP contribution in [0.2, 0.25) is 4.34 Å². The molecule has 1 aromatic carbocycles. The fraction of sp³-hybridized carbons (Fsp3) is 0.312. The molecule has 118 valence electrons. The summed E-state index contributed by atoms with van der Waals surface area (Å²) in [6.07, 6.45) is 0. The van der Waals surface area contributed by atoms with E-state index in [0.29, 0.717) is 17.4 Å². The summed E-state index contributed by atoms with van der Waals surface area (Å²) in [5.74, 6) is -0.285. The van der Waals surface area contributed by atoms with Gasteiger partial charge in [0.15, 0.2) is 0 Å². The quantitative estimate of drug-likeness (QED) is 0.830. The number of thiophene rings is 1. The molecule has 6 heteroatoms. The average Bonchev–Trinajstić information content (AvgIpc) is 2.90. The van der Waals surface area contributed by atoms with E-state index in [-0.39, 0.29) is 17.9 Å². The number of hydrogen-bond acceptors (Lipinski definition) is 2. The summed E-state index contributed by atoms with van der Waals surface area (Å²) < 4.78 is 13.6. The number of nitrogens with one attached hydrogen (secondary N) is 1. The van der Waals surface area contributed by atoms with Crippen LogP contribution in [0.15, 0.2) is 36.4 Å². The van der Waals surface area contributed by atoms with E-state index in [4.69, 9.17) is 11.6 Å². The van der Waals surface area contributed by atoms with Gasteiger partial charge < -0.3 is 10.2 Å². The van der Waals surface area contributed by atoms with Gasteiger partial charge in [0, 0.05) is 11.4 Å². The van der Waals surface area contributed by atoms with Crippen LogP contribution in [-0.4, -0.2) is 17.5 Å². The molecule has 22 heavy (non-hydrogen) atoms. The van der Waals surface area contributed by atoms with Crippen molar-refractivity contribution in [2.75, 3.05) is 6.54 Å². The van der Waals surface area contributed by atoms with Crippen molar-refractivity contribution < 1.29 is 9.18 Å². The third-order valence-electron chi connectivity index (χ3n) is 3.35. The first kappa shape index (κ1) is 16.8. The van der Waals surface area contributed by atoms with Gasteiger partial charge >= 0.3 is 6.03 Å². The zero-order chi connectivity index (χ0) is 16.1. The van der Waals surface area contributed by atoms with E-state index in [9.17, 15) is 9.18 Å². The Morgan fingerprint density at radius 1 is 1.32 bits per heavy atom. The molecular formula is C16H18ClFN2OS. The Morgan fingerprint density at radius 2 is 2.00 bits per heavy atom. The number of carbonyl (C=O) groups is 1. The number of amides is 2. The molecule has 3 nitrogen and oxygen atoms in total. The minimum absolute atomic E-state index is 0.149. The van der Waals surface area contributed by atoms with Gasteiger partial charge in [0.25, 0.3) is 0 Å². The second-order valence-corrected chi connectivity index (χ2v) is 6.74. The number of urea groups is 1. The molecular weight excluding hydrogens is 323 g/mol. The molecule has 0 aliphatic heterocycles. The molecule has 0 saturated heterocycles. The van der Waals surface area contributed by atoms with E-state index < -0.39 is 0 Å². The van der Waals surface area contributed by atoms with Gasteiger partial charge in [-0.05, 0) is 43.7 Å². The molecule has 0 aliphatic carbocycles. The van der Waals surface area contributed by atoms with Gasteiger partial charge in [-0.25, -0.2) is 9.18 Å². The standard InChI is InChI=1S/C16H18ClFN2OS/c1-3-20(10-14-8-9-15(17)22-14)16(21)19-11(2)12-4-6-13(18)7-5-12/h4-9,11H,3,10H2,1-2H3,(H,19,21). The number of benzene rings is 1. The highest BCUT2D eigenvalue weighted by atomic mass is 35.5. The molecule has 1 atom stereocenters. The Labute approximate surface area is 138 Å². The SMILES string of the molecule is CCN(Cc1ccc(Cl)s1)C(=O)NC(C)c1ccc(F)cc1. The highest BCUT2D eigenvalue weighted by Gasteiger charge is 2.16. The molecule has 2 amide bonds. The van der Waals surface area contributed by atoms with Gasteiger partial charge in [-0.2, -0.15) is 0 Å². The normalized spacial score (nSPS) is 12.0. The van der Waals surface area contributed by atoms with Crippen molar-refractivity contribution in [2.24, 2.45) is 0 Å². The lowest BCUT2D eigenvalue weighted by atomic mass is 10.1. The van der Waals surface area contributed by atoms with Crippen LogP contribution < -0.4 is 5.32 Å². The van der Waals surface area contributed by atoms with Crippen molar-refractivity contribution in [2.45, 2.75) is 26.4 Å². The summed E-state index contributed by atoms with van der Waals surface area (Å²) >= 11 is 7.38. The molecule has 0 aliphatic rings. The molecule has 0 bridgehead atoms. The van der Waals surface area contributed by atoms with Gasteiger partial charge in [-0.15, -0.1) is 11.3 Å². The van der Waals surface area contributed by atoms with E-state index in [0.717, 1.165) is 10.4 Å². The zero-order valence-corrected chi connectivity index (χ0v) is 14.0. The fourth-order valence-electron chi connectivity index (χ4n) is 2.06. The predicted molar refractivity (Wildman–Crippen MR) is 88.8 cm³/mol. The van der Waals surface area contributed by atoms with Crippen LogP contribution in [0, 0.1) is 5.82 Å². The maximum absolute atomic E-state index is 12.9. The van der Waals surface area contributed by atoms with E-state index in [2.05, 4.69) is 5.32 Å². The minimum Gasteiger partial charge on any atom is -0.331 e. The molecule has 2 rings (SSSR count). The number of nitrogens with zero attached hydrogens (tertiary/aromatic N) is 1. The summed E-state index contributed by atoms with van der Waals surface area (Å²) in [5, 5.41) is 2.93. The number of halogens is 2. The first-order chi connectivity index (χ1) is 10.5. The molecule has 0 radical (unpaired) electrons. The second-order valence-electron chi connectivity index (χ2n) is 4.94. The Kier molecular flexibility index (Phi) is 5.80. The summed E-state index contributed by atoms with van der Waals surface area (Å²) in [6, 6.07) is 9.55. The zero-order valence-electron chi connectivity index (χ0n) is 12.5. The Balaban J connectivity index is 1.97. The number of hydrogen-bond donors (Lipinski definition) is 1. The highest BCUT2D eigenvalue weighted by molar-refractivity contribution is 7.16. The molecule has 1 heterocycles. The molecule has 0 spiro atoms. The lowest BCUT2D eigenvalue weighted by Gasteiger charge is -2.23. The van der Waals surface area contributed by atoms with Gasteiger partial charge in [0.2, 0.25) is 0 Å². The van der Waals surface area contributed by atoms with E-state index in [1.165, 1.54) is 23.5 Å². The van der Waals surface area contributed by atoms with Crippen LogP contribution in [0.3, 0.4) is 0 Å². The Hall–Kier alpha value is -1.59. The molecule has 0 fully saturated rings. The summed E-state index contributed by atoms with van der Waals surface area (Å²) in [5.41, 5.74) is 0.866. The molecule has 1 aromatic heterocycles. The van der Waals surface area contributed by atoms with Crippen molar-refractivity contribution in [3.8, 4) is 0 Å². The van der Waals surface area contributed by atoms with Crippen molar-refractivity contribution in [1.29, 1.82) is 0 Å². The van der Waals surface area contributed by atoms with Crippen molar-refractivity contribution >= 4 is 29.0 Å². The highest BCUT2D eigenvalue weighted by Crippen LogP contribution is 2.23. The lowest BCUT2D eigenvalue weighted by Crippen LogP contribution is -2.40. The minimum atomic E-state index is -0.285. The van der Waals surface area contributed by atoms with Gasteiger partial charge in [0.05, 0.1) is 16.9 Å². The monoisotopic (exact) mass is 340 g/mol. The van der Waals surface area contributed by atoms with Crippen LogP contribution in [0.25, 0.3) is 0 Å². The summed E-state index contributed by atoms with van der Waals surface area (Å²) in [7, 11) is 0. The fourth-order valence-corrected chi connectivity index (χ4v) is 3.17. The predicted octanol–water partition coefficient (Wildman–Crippen LogP) is 4.83. The van der Waals surface area contributed by atoms with Crippen molar-refractivity contribution in [3.63, 3.8) is 0 Å². The third-order valence-corrected chi connectivity index (χ3v) is 4.57. The van der Waals surface area contributed by atoms with Crippen molar-refractivity contribution in [3.05, 3.63) is 57.0 Å². The lowest BCUT2D eigenvalue weighted by molar-refractivity contribution is 0.195. The van der Waals surface area contributed by atoms with Crippen LogP contribution in [0.4, 0.5) is 9.18 Å². The largest absolute Gasteiger partial charge is 0.331 e. The van der Waals surface area contributed by atoms with Gasteiger partial charge in [-0.1, -0.05) is 23.7 Å². The maximum atomic E-state index is 12.9. The second kappa shape index (κ2) is 7.61. The van der Waals surface area contributed by atoms with Gasteiger partial charge in [0.1, 0.15) is 5.82 Å². The van der Waals surface area contributed by atoms with Crippen LogP contribution >= 0.6 is 22.9 Å².